The normalized spacial score (nSPS) is 11.2. The lowest BCUT2D eigenvalue weighted by Crippen LogP contribution is -2.38. The molecule has 2 aromatic rings. The summed E-state index contributed by atoms with van der Waals surface area (Å²) in [5, 5.41) is 2.78. The van der Waals surface area contributed by atoms with Crippen molar-refractivity contribution in [3.63, 3.8) is 0 Å². The minimum Gasteiger partial charge on any atom is -0.350 e. The van der Waals surface area contributed by atoms with E-state index >= 15 is 0 Å². The predicted octanol–water partition coefficient (Wildman–Crippen LogP) is 2.81. The maximum atomic E-state index is 12.2. The maximum absolute atomic E-state index is 12.2. The Morgan fingerprint density at radius 3 is 2.20 bits per heavy atom. The highest BCUT2D eigenvalue weighted by molar-refractivity contribution is 7.92. The molecule has 1 N–H and O–H groups in total. The number of nitrogens with one attached hydrogen (secondary N) is 1. The van der Waals surface area contributed by atoms with Crippen LogP contribution < -0.4 is 9.62 Å². The molecule has 2 rings (SSSR count). The summed E-state index contributed by atoms with van der Waals surface area (Å²) < 4.78 is 25.7. The summed E-state index contributed by atoms with van der Waals surface area (Å²) >= 11 is 0. The summed E-state index contributed by atoms with van der Waals surface area (Å²) in [6.07, 6.45) is 1.18. The molecule has 0 radical (unpaired) electrons. The molecule has 0 fully saturated rings. The van der Waals surface area contributed by atoms with Crippen LogP contribution in [0.1, 0.15) is 27.0 Å². The topological polar surface area (TPSA) is 66.5 Å². The van der Waals surface area contributed by atoms with E-state index in [0.717, 1.165) is 16.7 Å². The fraction of sp³-hybridized carbons (Fsp3) is 0.316. The van der Waals surface area contributed by atoms with Gasteiger partial charge in [-0.05, 0) is 50.1 Å². The van der Waals surface area contributed by atoms with Crippen LogP contribution in [0.3, 0.4) is 0 Å². The van der Waals surface area contributed by atoms with Crippen LogP contribution >= 0.6 is 0 Å². The second-order valence-corrected chi connectivity index (χ2v) is 8.15. The van der Waals surface area contributed by atoms with Gasteiger partial charge in [0.1, 0.15) is 0 Å². The van der Waals surface area contributed by atoms with E-state index in [2.05, 4.69) is 5.32 Å². The number of hydrogen-bond acceptors (Lipinski definition) is 3. The Hall–Kier alpha value is -2.34. The number of anilines is 1. The summed E-state index contributed by atoms with van der Waals surface area (Å²) in [5.74, 6) is -0.214. The molecule has 0 saturated carbocycles. The van der Waals surface area contributed by atoms with E-state index < -0.39 is 10.0 Å². The first-order chi connectivity index (χ1) is 11.7. The van der Waals surface area contributed by atoms with Gasteiger partial charge < -0.3 is 5.32 Å². The third-order valence-corrected chi connectivity index (χ3v) is 5.13. The van der Waals surface area contributed by atoms with Crippen LogP contribution in [0.15, 0.2) is 42.5 Å². The Bertz CT molecular complexity index is 859. The average molecular weight is 360 g/mol. The zero-order chi connectivity index (χ0) is 18.6. The van der Waals surface area contributed by atoms with Crippen LogP contribution in [-0.4, -0.2) is 33.7 Å². The van der Waals surface area contributed by atoms with Crippen molar-refractivity contribution in [1.82, 2.24) is 5.32 Å². The lowest BCUT2D eigenvalue weighted by molar-refractivity contribution is 0.0955. The fourth-order valence-corrected chi connectivity index (χ4v) is 3.51. The monoisotopic (exact) mass is 360 g/mol. The number of carbonyl (C=O) groups is 1. The summed E-state index contributed by atoms with van der Waals surface area (Å²) in [7, 11) is -3.44. The highest BCUT2D eigenvalue weighted by Crippen LogP contribution is 2.23. The molecular formula is C19H24N2O3S. The summed E-state index contributed by atoms with van der Waals surface area (Å²) in [6.45, 7) is 6.16. The first-order valence-electron chi connectivity index (χ1n) is 8.08. The molecule has 0 aliphatic rings. The van der Waals surface area contributed by atoms with Crippen LogP contribution in [0, 0.1) is 20.8 Å². The third kappa shape index (κ3) is 5.06. The number of nitrogens with zero attached hydrogens (tertiary/aromatic N) is 1. The van der Waals surface area contributed by atoms with Crippen molar-refractivity contribution in [2.75, 3.05) is 23.7 Å². The molecule has 25 heavy (non-hydrogen) atoms. The van der Waals surface area contributed by atoms with Crippen LogP contribution in [0.25, 0.3) is 0 Å². The fourth-order valence-electron chi connectivity index (χ4n) is 2.53. The maximum Gasteiger partial charge on any atom is 0.251 e. The molecular weight excluding hydrogens is 336 g/mol. The molecule has 6 heteroatoms. The molecule has 5 nitrogen and oxygen atoms in total. The van der Waals surface area contributed by atoms with E-state index in [-0.39, 0.29) is 19.0 Å². The van der Waals surface area contributed by atoms with Crippen LogP contribution in [0.4, 0.5) is 5.69 Å². The van der Waals surface area contributed by atoms with Crippen LogP contribution in [-0.2, 0) is 10.0 Å². The first kappa shape index (κ1) is 19.0. The van der Waals surface area contributed by atoms with Crippen LogP contribution in [0.5, 0.6) is 0 Å². The van der Waals surface area contributed by atoms with E-state index in [4.69, 9.17) is 0 Å². The number of amides is 1. The van der Waals surface area contributed by atoms with Crippen LogP contribution in [0.2, 0.25) is 0 Å². The number of hydrogen-bond donors (Lipinski definition) is 1. The molecule has 1 amide bonds. The van der Waals surface area contributed by atoms with Gasteiger partial charge in [-0.25, -0.2) is 8.42 Å². The Kier molecular flexibility index (Phi) is 5.85. The SMILES string of the molecule is Cc1ccc(C(=O)NCCN(c2cc(C)ccc2C)S(C)(=O)=O)cc1. The number of carbonyl (C=O) groups excluding carboxylic acids is 1. The predicted molar refractivity (Wildman–Crippen MR) is 102 cm³/mol. The van der Waals surface area contributed by atoms with E-state index in [1.165, 1.54) is 10.6 Å². The number of aryl methyl sites for hydroxylation is 3. The number of benzene rings is 2. The van der Waals surface area contributed by atoms with Gasteiger partial charge in [0.15, 0.2) is 0 Å². The van der Waals surface area contributed by atoms with Gasteiger partial charge in [-0.15, -0.1) is 0 Å². The minimum absolute atomic E-state index is 0.181. The van der Waals surface area contributed by atoms with Crippen molar-refractivity contribution in [3.05, 3.63) is 64.7 Å². The summed E-state index contributed by atoms with van der Waals surface area (Å²) in [6, 6.07) is 12.9. The molecule has 0 saturated heterocycles. The largest absolute Gasteiger partial charge is 0.350 e. The van der Waals surface area contributed by atoms with Gasteiger partial charge in [0.25, 0.3) is 5.91 Å². The Morgan fingerprint density at radius 1 is 1.00 bits per heavy atom. The Balaban J connectivity index is 2.10. The van der Waals surface area contributed by atoms with E-state index in [9.17, 15) is 13.2 Å². The third-order valence-electron chi connectivity index (χ3n) is 3.95. The highest BCUT2D eigenvalue weighted by Gasteiger charge is 2.19. The molecule has 0 atom stereocenters. The lowest BCUT2D eigenvalue weighted by atomic mass is 10.1. The van der Waals surface area contributed by atoms with Gasteiger partial charge >= 0.3 is 0 Å². The average Bonchev–Trinajstić information content (AvgIpc) is 2.53. The Morgan fingerprint density at radius 2 is 1.60 bits per heavy atom. The molecule has 2 aromatic carbocycles. The quantitative estimate of drug-likeness (QED) is 0.861. The van der Waals surface area contributed by atoms with Gasteiger partial charge in [0, 0.05) is 12.1 Å². The molecule has 0 aliphatic carbocycles. The van der Waals surface area contributed by atoms with Gasteiger partial charge in [-0.3, -0.25) is 9.10 Å². The van der Waals surface area contributed by atoms with Gasteiger partial charge in [-0.2, -0.15) is 0 Å². The Labute approximate surface area is 149 Å². The van der Waals surface area contributed by atoms with Crippen molar-refractivity contribution >= 4 is 21.6 Å². The molecule has 0 heterocycles. The smallest absolute Gasteiger partial charge is 0.251 e. The van der Waals surface area contributed by atoms with Gasteiger partial charge in [0.2, 0.25) is 10.0 Å². The molecule has 0 spiro atoms. The van der Waals surface area contributed by atoms with Crippen molar-refractivity contribution < 1.29 is 13.2 Å². The van der Waals surface area contributed by atoms with Gasteiger partial charge in [0.05, 0.1) is 18.5 Å². The van der Waals surface area contributed by atoms with Crippen molar-refractivity contribution in [2.45, 2.75) is 20.8 Å². The highest BCUT2D eigenvalue weighted by atomic mass is 32.2. The zero-order valence-electron chi connectivity index (χ0n) is 15.0. The van der Waals surface area contributed by atoms with E-state index in [1.807, 2.05) is 51.1 Å². The standard InChI is InChI=1S/C19H24N2O3S/c1-14-6-9-17(10-7-14)19(22)20-11-12-21(25(4,23)24)18-13-15(2)5-8-16(18)3/h5-10,13H,11-12H2,1-4H3,(H,20,22). The molecule has 134 valence electrons. The van der Waals surface area contributed by atoms with Gasteiger partial charge in [-0.1, -0.05) is 29.8 Å². The summed E-state index contributed by atoms with van der Waals surface area (Å²) in [4.78, 5) is 12.2. The minimum atomic E-state index is -3.44. The van der Waals surface area contributed by atoms with E-state index in [1.54, 1.807) is 12.1 Å². The molecule has 0 unspecified atom stereocenters. The second-order valence-electron chi connectivity index (χ2n) is 6.25. The van der Waals surface area contributed by atoms with Crippen molar-refractivity contribution in [3.8, 4) is 0 Å². The van der Waals surface area contributed by atoms with Crippen molar-refractivity contribution in [1.29, 1.82) is 0 Å². The zero-order valence-corrected chi connectivity index (χ0v) is 15.9. The second kappa shape index (κ2) is 7.70. The van der Waals surface area contributed by atoms with Crippen molar-refractivity contribution in [2.24, 2.45) is 0 Å². The molecule has 0 aliphatic heterocycles. The van der Waals surface area contributed by atoms with E-state index in [0.29, 0.717) is 11.3 Å². The lowest BCUT2D eigenvalue weighted by Gasteiger charge is -2.24. The summed E-state index contributed by atoms with van der Waals surface area (Å²) in [5.41, 5.74) is 4.14. The number of sulfonamides is 1. The molecule has 0 bridgehead atoms. The number of rotatable bonds is 6. The first-order valence-corrected chi connectivity index (χ1v) is 9.93. The molecule has 0 aromatic heterocycles.